The van der Waals surface area contributed by atoms with Crippen molar-refractivity contribution in [2.24, 2.45) is 0 Å². The Kier molecular flexibility index (Phi) is 10.4. The van der Waals surface area contributed by atoms with E-state index in [4.69, 9.17) is 4.74 Å². The topological polar surface area (TPSA) is 117 Å². The summed E-state index contributed by atoms with van der Waals surface area (Å²) in [7, 11) is -2.00. The average Bonchev–Trinajstić information content (AvgIpc) is 2.95. The lowest BCUT2D eigenvalue weighted by Gasteiger charge is -2.44. The van der Waals surface area contributed by atoms with Gasteiger partial charge in [0.15, 0.2) is 9.84 Å². The molecule has 0 spiro atoms. The monoisotopic (exact) mass is 646 g/mol. The van der Waals surface area contributed by atoms with E-state index in [0.717, 1.165) is 11.6 Å². The number of anilines is 1. The van der Waals surface area contributed by atoms with Crippen LogP contribution in [0.2, 0.25) is 0 Å². The highest BCUT2D eigenvalue weighted by Crippen LogP contribution is 2.25. The number of ether oxygens (including phenoxy) is 2. The van der Waals surface area contributed by atoms with Gasteiger partial charge in [-0.1, -0.05) is 18.2 Å². The van der Waals surface area contributed by atoms with Gasteiger partial charge >= 0.3 is 18.1 Å². The molecule has 246 valence electrons. The number of rotatable bonds is 6. The standard InChI is InChI=1S/C32H43FN4O7S/c1-22-18-34(19-23(2)37(22)31(40)44-32(3,4)5)20-24-7-11-27(12-8-24)36(30(39)35-13-15-45(41,42)16-14-35)21-26-10-9-25(17-28(26)33)29(38)43-6/h7-12,17,22-23H,13-16,18-21H2,1-6H3/t22-,23+. The quantitative estimate of drug-likeness (QED) is 0.427. The Bertz CT molecular complexity index is 1480. The minimum atomic E-state index is -3.21. The third-order valence-electron chi connectivity index (χ3n) is 7.90. The molecule has 13 heteroatoms. The molecular formula is C32H43FN4O7S. The Labute approximate surface area is 264 Å². The van der Waals surface area contributed by atoms with Gasteiger partial charge in [0, 0.05) is 56.1 Å². The van der Waals surface area contributed by atoms with E-state index in [1.54, 1.807) is 17.0 Å². The summed E-state index contributed by atoms with van der Waals surface area (Å²) < 4.78 is 49.4. The number of halogens is 1. The Morgan fingerprint density at radius 1 is 0.978 bits per heavy atom. The summed E-state index contributed by atoms with van der Waals surface area (Å²) in [6.07, 6.45) is -0.320. The van der Waals surface area contributed by atoms with Gasteiger partial charge in [-0.2, -0.15) is 0 Å². The number of amides is 3. The van der Waals surface area contributed by atoms with Crippen molar-refractivity contribution in [3.63, 3.8) is 0 Å². The molecule has 2 atom stereocenters. The zero-order chi connectivity index (χ0) is 33.1. The molecule has 0 unspecified atom stereocenters. The van der Waals surface area contributed by atoms with Gasteiger partial charge in [-0.25, -0.2) is 27.2 Å². The predicted octanol–water partition coefficient (Wildman–Crippen LogP) is 4.30. The molecule has 4 rings (SSSR count). The maximum Gasteiger partial charge on any atom is 0.410 e. The third-order valence-corrected chi connectivity index (χ3v) is 9.51. The maximum absolute atomic E-state index is 15.1. The molecule has 2 aromatic rings. The van der Waals surface area contributed by atoms with Crippen molar-refractivity contribution in [3.05, 3.63) is 65.0 Å². The molecule has 2 saturated heterocycles. The Hall–Kier alpha value is -3.71. The van der Waals surface area contributed by atoms with Gasteiger partial charge in [0.05, 0.1) is 30.7 Å². The SMILES string of the molecule is COC(=O)c1ccc(CN(C(=O)N2CCS(=O)(=O)CC2)c2ccc(CN3C[C@@H](C)N(C(=O)OC(C)(C)C)[C@@H](C)C3)cc2)c(F)c1. The van der Waals surface area contributed by atoms with Gasteiger partial charge in [-0.05, 0) is 64.4 Å². The van der Waals surface area contributed by atoms with E-state index < -0.39 is 33.3 Å². The molecular weight excluding hydrogens is 603 g/mol. The molecule has 2 fully saturated rings. The Balaban J connectivity index is 1.51. The van der Waals surface area contributed by atoms with Crippen molar-refractivity contribution in [2.75, 3.05) is 49.7 Å². The number of urea groups is 1. The molecule has 11 nitrogen and oxygen atoms in total. The first kappa shape index (κ1) is 34.2. The molecule has 0 N–H and O–H groups in total. The molecule has 0 aromatic heterocycles. The van der Waals surface area contributed by atoms with Crippen LogP contribution in [0, 0.1) is 5.82 Å². The van der Waals surface area contributed by atoms with Crippen molar-refractivity contribution in [1.82, 2.24) is 14.7 Å². The van der Waals surface area contributed by atoms with E-state index in [-0.39, 0.29) is 60.4 Å². The van der Waals surface area contributed by atoms with Crippen LogP contribution >= 0.6 is 0 Å². The lowest BCUT2D eigenvalue weighted by molar-refractivity contribution is -0.0162. The smallest absolute Gasteiger partial charge is 0.410 e. The fourth-order valence-corrected chi connectivity index (χ4v) is 6.91. The summed E-state index contributed by atoms with van der Waals surface area (Å²) >= 11 is 0. The van der Waals surface area contributed by atoms with Gasteiger partial charge in [0.2, 0.25) is 0 Å². The lowest BCUT2D eigenvalue weighted by Crippen LogP contribution is -2.59. The zero-order valence-electron chi connectivity index (χ0n) is 26.8. The van der Waals surface area contributed by atoms with Crippen LogP contribution in [0.25, 0.3) is 0 Å². The number of sulfone groups is 1. The average molecular weight is 647 g/mol. The van der Waals surface area contributed by atoms with Gasteiger partial charge in [-0.15, -0.1) is 0 Å². The minimum Gasteiger partial charge on any atom is -0.465 e. The van der Waals surface area contributed by atoms with Crippen LogP contribution in [0.5, 0.6) is 0 Å². The summed E-state index contributed by atoms with van der Waals surface area (Å²) in [6.45, 7) is 11.5. The molecule has 2 aromatic carbocycles. The van der Waals surface area contributed by atoms with Gasteiger partial charge < -0.3 is 19.3 Å². The first-order valence-corrected chi connectivity index (χ1v) is 16.8. The molecule has 2 heterocycles. The maximum atomic E-state index is 15.1. The van der Waals surface area contributed by atoms with Crippen LogP contribution in [-0.4, -0.2) is 104 Å². The zero-order valence-corrected chi connectivity index (χ0v) is 27.6. The second-order valence-electron chi connectivity index (χ2n) is 12.8. The highest BCUT2D eigenvalue weighted by atomic mass is 32.2. The molecule has 0 radical (unpaired) electrons. The van der Waals surface area contributed by atoms with Crippen molar-refractivity contribution in [1.29, 1.82) is 0 Å². The summed E-state index contributed by atoms with van der Waals surface area (Å²) in [6, 6.07) is 10.8. The summed E-state index contributed by atoms with van der Waals surface area (Å²) in [5.74, 6) is -1.60. The number of hydrogen-bond donors (Lipinski definition) is 0. The number of carbonyl (C=O) groups excluding carboxylic acids is 3. The number of methoxy groups -OCH3 is 1. The largest absolute Gasteiger partial charge is 0.465 e. The lowest BCUT2D eigenvalue weighted by atomic mass is 10.1. The van der Waals surface area contributed by atoms with E-state index in [0.29, 0.717) is 25.3 Å². The van der Waals surface area contributed by atoms with E-state index in [2.05, 4.69) is 9.64 Å². The molecule has 2 aliphatic heterocycles. The number of nitrogens with zero attached hydrogens (tertiary/aromatic N) is 4. The van der Waals surface area contributed by atoms with Crippen molar-refractivity contribution in [3.8, 4) is 0 Å². The van der Waals surface area contributed by atoms with Gasteiger partial charge in [0.1, 0.15) is 11.4 Å². The molecule has 3 amide bonds. The molecule has 0 aliphatic carbocycles. The number of esters is 1. The second-order valence-corrected chi connectivity index (χ2v) is 15.1. The van der Waals surface area contributed by atoms with E-state index in [9.17, 15) is 22.8 Å². The predicted molar refractivity (Wildman–Crippen MR) is 168 cm³/mol. The first-order chi connectivity index (χ1) is 21.1. The number of piperazine rings is 1. The molecule has 45 heavy (non-hydrogen) atoms. The van der Waals surface area contributed by atoms with Crippen molar-refractivity contribution >= 4 is 33.6 Å². The van der Waals surface area contributed by atoms with Crippen LogP contribution in [0.3, 0.4) is 0 Å². The van der Waals surface area contributed by atoms with Crippen molar-refractivity contribution < 1.29 is 36.7 Å². The van der Waals surface area contributed by atoms with Crippen LogP contribution in [0.15, 0.2) is 42.5 Å². The number of carbonyl (C=O) groups is 3. The van der Waals surface area contributed by atoms with Gasteiger partial charge in [-0.3, -0.25) is 9.80 Å². The molecule has 2 aliphatic rings. The molecule has 0 bridgehead atoms. The van der Waals surface area contributed by atoms with E-state index in [1.807, 2.05) is 46.8 Å². The second kappa shape index (κ2) is 13.7. The summed E-state index contributed by atoms with van der Waals surface area (Å²) in [4.78, 5) is 45.3. The normalized spacial score (nSPS) is 20.4. The van der Waals surface area contributed by atoms with Crippen LogP contribution < -0.4 is 4.90 Å². The van der Waals surface area contributed by atoms with Crippen LogP contribution in [0.1, 0.15) is 56.1 Å². The highest BCUT2D eigenvalue weighted by Gasteiger charge is 2.35. The summed E-state index contributed by atoms with van der Waals surface area (Å²) in [5, 5.41) is 0. The number of hydrogen-bond acceptors (Lipinski definition) is 8. The first-order valence-electron chi connectivity index (χ1n) is 15.0. The minimum absolute atomic E-state index is 0.0468. The Morgan fingerprint density at radius 3 is 2.11 bits per heavy atom. The van der Waals surface area contributed by atoms with E-state index in [1.165, 1.54) is 29.0 Å². The Morgan fingerprint density at radius 2 is 1.58 bits per heavy atom. The number of benzene rings is 2. The highest BCUT2D eigenvalue weighted by molar-refractivity contribution is 7.91. The summed E-state index contributed by atoms with van der Waals surface area (Å²) in [5.41, 5.74) is 1.18. The van der Waals surface area contributed by atoms with Crippen molar-refractivity contribution in [2.45, 2.75) is 65.4 Å². The van der Waals surface area contributed by atoms with Crippen LogP contribution in [-0.2, 0) is 32.4 Å². The fourth-order valence-electron chi connectivity index (χ4n) is 5.71. The molecule has 0 saturated carbocycles. The van der Waals surface area contributed by atoms with E-state index >= 15 is 4.39 Å². The third kappa shape index (κ3) is 8.72. The fraction of sp³-hybridized carbons (Fsp3) is 0.531. The van der Waals surface area contributed by atoms with Gasteiger partial charge in [0.25, 0.3) is 0 Å². The van der Waals surface area contributed by atoms with Crippen LogP contribution in [0.4, 0.5) is 19.7 Å².